The Labute approximate surface area is 213 Å². The fourth-order valence-corrected chi connectivity index (χ4v) is 5.66. The van der Waals surface area contributed by atoms with Gasteiger partial charge in [0.15, 0.2) is 0 Å². The van der Waals surface area contributed by atoms with Crippen molar-refractivity contribution in [1.82, 2.24) is 20.9 Å². The van der Waals surface area contributed by atoms with E-state index in [1.165, 1.54) is 16.9 Å². The summed E-state index contributed by atoms with van der Waals surface area (Å²) in [7, 11) is 1.55. The molecule has 198 valence electrons. The SMILES string of the molecule is CN1C(=O)C(C2CCCCC2)NCC2CCc3cccc(c3O2)CCCNC(=O)CNC(=O)C1CO. The van der Waals surface area contributed by atoms with Crippen LogP contribution in [0.15, 0.2) is 18.2 Å². The number of aliphatic hydroxyl groups is 1. The molecule has 0 radical (unpaired) electrons. The van der Waals surface area contributed by atoms with Crippen LogP contribution in [0.1, 0.15) is 56.1 Å². The van der Waals surface area contributed by atoms with Crippen LogP contribution in [0.2, 0.25) is 0 Å². The van der Waals surface area contributed by atoms with Crippen molar-refractivity contribution in [3.05, 3.63) is 29.3 Å². The molecule has 4 N–H and O–H groups in total. The van der Waals surface area contributed by atoms with E-state index < -0.39 is 24.6 Å². The summed E-state index contributed by atoms with van der Waals surface area (Å²) in [4.78, 5) is 40.1. The van der Waals surface area contributed by atoms with Gasteiger partial charge in [0.2, 0.25) is 17.7 Å². The van der Waals surface area contributed by atoms with E-state index in [2.05, 4.69) is 34.1 Å². The van der Waals surface area contributed by atoms with Gasteiger partial charge in [0.25, 0.3) is 0 Å². The molecular weight excluding hydrogens is 460 g/mol. The van der Waals surface area contributed by atoms with Gasteiger partial charge in [-0.15, -0.1) is 0 Å². The minimum Gasteiger partial charge on any atom is -0.489 e. The largest absolute Gasteiger partial charge is 0.489 e. The molecule has 36 heavy (non-hydrogen) atoms. The minimum atomic E-state index is -1.06. The lowest BCUT2D eigenvalue weighted by Crippen LogP contribution is -2.58. The molecule has 3 amide bonds. The van der Waals surface area contributed by atoms with Crippen LogP contribution in [0.4, 0.5) is 0 Å². The number of para-hydroxylation sites is 1. The van der Waals surface area contributed by atoms with Crippen LogP contribution in [0.25, 0.3) is 0 Å². The van der Waals surface area contributed by atoms with Gasteiger partial charge in [-0.3, -0.25) is 14.4 Å². The van der Waals surface area contributed by atoms with Crippen molar-refractivity contribution in [3.63, 3.8) is 0 Å². The molecule has 9 nitrogen and oxygen atoms in total. The van der Waals surface area contributed by atoms with Gasteiger partial charge < -0.3 is 30.7 Å². The molecule has 2 aliphatic heterocycles. The number of nitrogens with zero attached hydrogens (tertiary/aromatic N) is 1. The Hall–Kier alpha value is -2.65. The highest BCUT2D eigenvalue weighted by molar-refractivity contribution is 5.92. The molecule has 0 aromatic heterocycles. The standard InChI is InChI=1S/C27H40N4O5/c1-31-22(17-32)26(34)30-16-23(33)28-14-6-11-19-9-5-10-20-12-13-21(36-25(19)20)15-29-24(27(31)35)18-7-3-2-4-8-18/h5,9-10,18,21-22,24,29,32H,2-4,6-8,11-17H2,1H3,(H,28,33)(H,30,34). The summed E-state index contributed by atoms with van der Waals surface area (Å²) in [5.41, 5.74) is 2.33. The quantitative estimate of drug-likeness (QED) is 0.479. The van der Waals surface area contributed by atoms with Gasteiger partial charge in [-0.05, 0) is 55.6 Å². The van der Waals surface area contributed by atoms with Crippen LogP contribution in [0, 0.1) is 5.92 Å². The lowest BCUT2D eigenvalue weighted by molar-refractivity contribution is -0.143. The maximum Gasteiger partial charge on any atom is 0.245 e. The van der Waals surface area contributed by atoms with Crippen molar-refractivity contribution in [2.75, 3.05) is 33.3 Å². The summed E-state index contributed by atoms with van der Waals surface area (Å²) < 4.78 is 6.46. The molecule has 2 bridgehead atoms. The first kappa shape index (κ1) is 26.4. The average Bonchev–Trinajstić information content (AvgIpc) is 2.90. The molecule has 0 saturated heterocycles. The monoisotopic (exact) mass is 500 g/mol. The van der Waals surface area contributed by atoms with Gasteiger partial charge in [0.1, 0.15) is 17.9 Å². The minimum absolute atomic E-state index is 0.0571. The number of ether oxygens (including phenoxy) is 1. The Balaban J connectivity index is 1.58. The number of benzene rings is 1. The van der Waals surface area contributed by atoms with Crippen molar-refractivity contribution < 1.29 is 24.2 Å². The van der Waals surface area contributed by atoms with Crippen molar-refractivity contribution in [1.29, 1.82) is 0 Å². The summed E-state index contributed by atoms with van der Waals surface area (Å²) in [5, 5.41) is 18.9. The molecule has 4 rings (SSSR count). The number of fused-ring (bicyclic) bond motifs is 1. The zero-order chi connectivity index (χ0) is 25.5. The Kier molecular flexibility index (Phi) is 9.20. The summed E-state index contributed by atoms with van der Waals surface area (Å²) in [5.74, 6) is 0.0538. The number of hydrogen-bond donors (Lipinski definition) is 4. The van der Waals surface area contributed by atoms with Gasteiger partial charge >= 0.3 is 0 Å². The highest BCUT2D eigenvalue weighted by Crippen LogP contribution is 2.33. The van der Waals surface area contributed by atoms with E-state index in [4.69, 9.17) is 4.74 Å². The number of carbonyl (C=O) groups excluding carboxylic acids is 3. The number of aliphatic hydroxyl groups excluding tert-OH is 1. The Morgan fingerprint density at radius 1 is 1.00 bits per heavy atom. The summed E-state index contributed by atoms with van der Waals surface area (Å²) >= 11 is 0. The van der Waals surface area contributed by atoms with Gasteiger partial charge in [0.05, 0.1) is 19.2 Å². The second kappa shape index (κ2) is 12.5. The van der Waals surface area contributed by atoms with E-state index in [0.29, 0.717) is 13.1 Å². The molecular formula is C27H40N4O5. The lowest BCUT2D eigenvalue weighted by Gasteiger charge is -2.36. The van der Waals surface area contributed by atoms with Crippen LogP contribution in [-0.2, 0) is 27.2 Å². The fourth-order valence-electron chi connectivity index (χ4n) is 5.66. The average molecular weight is 501 g/mol. The normalized spacial score (nSPS) is 27.3. The van der Waals surface area contributed by atoms with Crippen molar-refractivity contribution in [2.24, 2.45) is 5.92 Å². The van der Waals surface area contributed by atoms with E-state index in [9.17, 15) is 19.5 Å². The first-order valence-corrected chi connectivity index (χ1v) is 13.4. The molecule has 3 unspecified atom stereocenters. The highest BCUT2D eigenvalue weighted by Gasteiger charge is 2.36. The van der Waals surface area contributed by atoms with Gasteiger partial charge in [-0.1, -0.05) is 37.5 Å². The number of rotatable bonds is 2. The highest BCUT2D eigenvalue weighted by atomic mass is 16.5. The third-order valence-corrected chi connectivity index (χ3v) is 7.81. The van der Waals surface area contributed by atoms with Crippen LogP contribution in [-0.4, -0.2) is 79.2 Å². The predicted molar refractivity (Wildman–Crippen MR) is 136 cm³/mol. The second-order valence-electron chi connectivity index (χ2n) is 10.3. The van der Waals surface area contributed by atoms with Crippen LogP contribution in [0.5, 0.6) is 5.75 Å². The van der Waals surface area contributed by atoms with Gasteiger partial charge in [-0.25, -0.2) is 0 Å². The Morgan fingerprint density at radius 2 is 1.75 bits per heavy atom. The zero-order valence-electron chi connectivity index (χ0n) is 21.3. The van der Waals surface area contributed by atoms with Gasteiger partial charge in [0, 0.05) is 20.1 Å². The Bertz CT molecular complexity index is 933. The third kappa shape index (κ3) is 6.37. The fraction of sp³-hybridized carbons (Fsp3) is 0.667. The third-order valence-electron chi connectivity index (χ3n) is 7.81. The molecule has 1 saturated carbocycles. The van der Waals surface area contributed by atoms with Crippen LogP contribution < -0.4 is 20.7 Å². The van der Waals surface area contributed by atoms with Crippen molar-refractivity contribution in [2.45, 2.75) is 76.0 Å². The Morgan fingerprint density at radius 3 is 2.50 bits per heavy atom. The number of hydrogen-bond acceptors (Lipinski definition) is 6. The molecule has 3 aliphatic rings. The summed E-state index contributed by atoms with van der Waals surface area (Å²) in [6, 6.07) is 4.73. The summed E-state index contributed by atoms with van der Waals surface area (Å²) in [6.45, 7) is 0.306. The predicted octanol–water partition coefficient (Wildman–Crippen LogP) is 0.917. The first-order valence-electron chi connectivity index (χ1n) is 13.4. The number of carbonyl (C=O) groups is 3. The molecule has 2 heterocycles. The number of aryl methyl sites for hydroxylation is 2. The molecule has 1 aliphatic carbocycles. The molecule has 3 atom stereocenters. The van der Waals surface area contributed by atoms with E-state index in [1.54, 1.807) is 7.05 Å². The number of likely N-dealkylation sites (N-methyl/N-ethyl adjacent to an activating group) is 1. The molecule has 1 fully saturated rings. The molecule has 1 aromatic rings. The number of amides is 3. The maximum absolute atomic E-state index is 13.7. The topological polar surface area (TPSA) is 120 Å². The van der Waals surface area contributed by atoms with E-state index >= 15 is 0 Å². The summed E-state index contributed by atoms with van der Waals surface area (Å²) in [6.07, 6.45) is 8.48. The lowest BCUT2D eigenvalue weighted by atomic mass is 9.83. The van der Waals surface area contributed by atoms with E-state index in [1.807, 2.05) is 0 Å². The molecule has 9 heteroatoms. The van der Waals surface area contributed by atoms with Gasteiger partial charge in [-0.2, -0.15) is 0 Å². The zero-order valence-corrected chi connectivity index (χ0v) is 21.3. The first-order chi connectivity index (χ1) is 17.5. The second-order valence-corrected chi connectivity index (χ2v) is 10.3. The van der Waals surface area contributed by atoms with Crippen molar-refractivity contribution >= 4 is 17.7 Å². The molecule has 1 aromatic carbocycles. The number of nitrogens with one attached hydrogen (secondary N) is 3. The molecule has 0 spiro atoms. The van der Waals surface area contributed by atoms with Crippen LogP contribution >= 0.6 is 0 Å². The van der Waals surface area contributed by atoms with Crippen LogP contribution in [0.3, 0.4) is 0 Å². The smallest absolute Gasteiger partial charge is 0.245 e. The van der Waals surface area contributed by atoms with Crippen molar-refractivity contribution in [3.8, 4) is 5.75 Å². The van der Waals surface area contributed by atoms with E-state index in [-0.39, 0.29) is 30.4 Å². The van der Waals surface area contributed by atoms with E-state index in [0.717, 1.165) is 62.7 Å². The maximum atomic E-state index is 13.7.